The average Bonchev–Trinajstić information content (AvgIpc) is 3.20. The molecule has 1 fully saturated rings. The van der Waals surface area contributed by atoms with Crippen molar-refractivity contribution in [3.05, 3.63) is 24.0 Å². The topological polar surface area (TPSA) is 85.7 Å². The Balaban J connectivity index is 1.57. The lowest BCUT2D eigenvalue weighted by molar-refractivity contribution is 0.0912. The van der Waals surface area contributed by atoms with Crippen LogP contribution >= 0.6 is 11.8 Å². The predicted molar refractivity (Wildman–Crippen MR) is 72.6 cm³/mol. The molecule has 1 saturated heterocycles. The van der Waals surface area contributed by atoms with Crippen molar-refractivity contribution in [2.75, 3.05) is 12.4 Å². The van der Waals surface area contributed by atoms with E-state index in [1.165, 1.54) is 11.8 Å². The summed E-state index contributed by atoms with van der Waals surface area (Å²) in [4.78, 5) is 14.8. The van der Waals surface area contributed by atoms with Gasteiger partial charge in [-0.2, -0.15) is 0 Å². The molecule has 2 aromatic heterocycles. The van der Waals surface area contributed by atoms with Gasteiger partial charge < -0.3 is 9.72 Å². The SMILES string of the molecule is O=C(CSc1nnnn1CC1CCCO1)c1ccc[nH]1. The summed E-state index contributed by atoms with van der Waals surface area (Å²) >= 11 is 1.35. The summed E-state index contributed by atoms with van der Waals surface area (Å²) in [6.07, 6.45) is 4.03. The standard InChI is InChI=1S/C12H15N5O2S/c18-11(10-4-1-5-13-10)8-20-12-14-15-16-17(12)7-9-3-2-6-19-9/h1,4-5,9,13H,2-3,6-8H2. The first-order valence-electron chi connectivity index (χ1n) is 6.50. The number of nitrogens with zero attached hydrogens (tertiary/aromatic N) is 4. The van der Waals surface area contributed by atoms with Crippen molar-refractivity contribution < 1.29 is 9.53 Å². The van der Waals surface area contributed by atoms with Crippen molar-refractivity contribution in [3.8, 4) is 0 Å². The van der Waals surface area contributed by atoms with Gasteiger partial charge in [-0.3, -0.25) is 4.79 Å². The van der Waals surface area contributed by atoms with Crippen LogP contribution in [-0.2, 0) is 11.3 Å². The third-order valence-corrected chi connectivity index (χ3v) is 4.09. The van der Waals surface area contributed by atoms with Crippen LogP contribution in [0.2, 0.25) is 0 Å². The van der Waals surface area contributed by atoms with Gasteiger partial charge >= 0.3 is 0 Å². The van der Waals surface area contributed by atoms with Crippen LogP contribution in [0.3, 0.4) is 0 Å². The van der Waals surface area contributed by atoms with Gasteiger partial charge in [0.05, 0.1) is 24.1 Å². The van der Waals surface area contributed by atoms with Crippen molar-refractivity contribution >= 4 is 17.5 Å². The molecule has 8 heteroatoms. The summed E-state index contributed by atoms with van der Waals surface area (Å²) in [6.45, 7) is 1.45. The normalized spacial score (nSPS) is 18.5. The van der Waals surface area contributed by atoms with Gasteiger partial charge in [0.15, 0.2) is 5.78 Å². The van der Waals surface area contributed by atoms with E-state index in [9.17, 15) is 4.79 Å². The number of hydrogen-bond acceptors (Lipinski definition) is 6. The van der Waals surface area contributed by atoms with Gasteiger partial charge in [-0.05, 0) is 35.4 Å². The molecule has 1 aliphatic rings. The minimum Gasteiger partial charge on any atom is -0.376 e. The summed E-state index contributed by atoms with van der Waals surface area (Å²) in [6, 6.07) is 3.57. The lowest BCUT2D eigenvalue weighted by atomic mass is 10.2. The van der Waals surface area contributed by atoms with Gasteiger partial charge in [-0.1, -0.05) is 11.8 Å². The number of nitrogens with one attached hydrogen (secondary N) is 1. The molecule has 0 saturated carbocycles. The summed E-state index contributed by atoms with van der Waals surface area (Å²) in [7, 11) is 0. The van der Waals surface area contributed by atoms with Crippen molar-refractivity contribution in [2.24, 2.45) is 0 Å². The second-order valence-corrected chi connectivity index (χ2v) is 5.52. The van der Waals surface area contributed by atoms with E-state index in [0.717, 1.165) is 19.4 Å². The lowest BCUT2D eigenvalue weighted by Gasteiger charge is -2.09. The number of aromatic amines is 1. The molecule has 1 atom stereocenters. The number of rotatable bonds is 6. The van der Waals surface area contributed by atoms with Gasteiger partial charge in [0.1, 0.15) is 0 Å². The second kappa shape index (κ2) is 6.19. The number of hydrogen-bond donors (Lipinski definition) is 1. The first-order chi connectivity index (χ1) is 9.83. The molecule has 0 aliphatic carbocycles. The summed E-state index contributed by atoms with van der Waals surface area (Å²) < 4.78 is 7.28. The number of carbonyl (C=O) groups is 1. The Morgan fingerprint density at radius 1 is 1.60 bits per heavy atom. The number of Topliss-reactive ketones (excluding diaryl/α,β-unsaturated/α-hetero) is 1. The van der Waals surface area contributed by atoms with Crippen molar-refractivity contribution in [1.82, 2.24) is 25.2 Å². The third kappa shape index (κ3) is 3.07. The van der Waals surface area contributed by atoms with E-state index in [4.69, 9.17) is 4.74 Å². The molecule has 3 rings (SSSR count). The third-order valence-electron chi connectivity index (χ3n) is 3.13. The first kappa shape index (κ1) is 13.3. The Labute approximate surface area is 120 Å². The van der Waals surface area contributed by atoms with E-state index in [2.05, 4.69) is 20.5 Å². The van der Waals surface area contributed by atoms with Gasteiger partial charge in [0, 0.05) is 12.8 Å². The predicted octanol–water partition coefficient (Wildman–Crippen LogP) is 1.16. The summed E-state index contributed by atoms with van der Waals surface area (Å²) in [5.74, 6) is 0.346. The minimum atomic E-state index is 0.0340. The number of tetrazole rings is 1. The molecule has 2 aromatic rings. The Bertz CT molecular complexity index is 562. The monoisotopic (exact) mass is 293 g/mol. The molecule has 7 nitrogen and oxygen atoms in total. The van der Waals surface area contributed by atoms with E-state index >= 15 is 0 Å². The lowest BCUT2D eigenvalue weighted by Crippen LogP contribution is -2.17. The van der Waals surface area contributed by atoms with Crippen LogP contribution in [0.5, 0.6) is 0 Å². The van der Waals surface area contributed by atoms with Crippen molar-refractivity contribution in [2.45, 2.75) is 30.6 Å². The van der Waals surface area contributed by atoms with E-state index in [-0.39, 0.29) is 11.9 Å². The smallest absolute Gasteiger partial charge is 0.209 e. The Hall–Kier alpha value is -1.67. The van der Waals surface area contributed by atoms with Crippen LogP contribution < -0.4 is 0 Å². The quantitative estimate of drug-likeness (QED) is 0.635. The number of ketones is 1. The molecule has 0 spiro atoms. The number of thioether (sulfide) groups is 1. The van der Waals surface area contributed by atoms with Gasteiger partial charge in [0.25, 0.3) is 0 Å². The molecular weight excluding hydrogens is 278 g/mol. The number of aromatic nitrogens is 5. The van der Waals surface area contributed by atoms with Crippen LogP contribution in [0.4, 0.5) is 0 Å². The number of H-pyrrole nitrogens is 1. The largest absolute Gasteiger partial charge is 0.376 e. The van der Waals surface area contributed by atoms with Crippen LogP contribution in [0.1, 0.15) is 23.3 Å². The maximum absolute atomic E-state index is 11.9. The highest BCUT2D eigenvalue weighted by atomic mass is 32.2. The highest BCUT2D eigenvalue weighted by molar-refractivity contribution is 7.99. The molecule has 3 heterocycles. The molecule has 1 aliphatic heterocycles. The molecule has 0 aromatic carbocycles. The zero-order valence-corrected chi connectivity index (χ0v) is 11.7. The Kier molecular flexibility index (Phi) is 4.12. The fraction of sp³-hybridized carbons (Fsp3) is 0.500. The minimum absolute atomic E-state index is 0.0340. The molecule has 1 unspecified atom stereocenters. The second-order valence-electron chi connectivity index (χ2n) is 4.57. The molecule has 0 amide bonds. The fourth-order valence-corrected chi connectivity index (χ4v) is 2.88. The maximum Gasteiger partial charge on any atom is 0.209 e. The van der Waals surface area contributed by atoms with E-state index in [1.54, 1.807) is 23.0 Å². The molecular formula is C12H15N5O2S. The van der Waals surface area contributed by atoms with Crippen LogP contribution in [0, 0.1) is 0 Å². The Morgan fingerprint density at radius 3 is 3.30 bits per heavy atom. The van der Waals surface area contributed by atoms with E-state index in [0.29, 0.717) is 23.1 Å². The van der Waals surface area contributed by atoms with E-state index < -0.39 is 0 Å². The molecule has 0 radical (unpaired) electrons. The van der Waals surface area contributed by atoms with Crippen LogP contribution in [0.15, 0.2) is 23.5 Å². The fourth-order valence-electron chi connectivity index (χ4n) is 2.11. The van der Waals surface area contributed by atoms with E-state index in [1.807, 2.05) is 0 Å². The van der Waals surface area contributed by atoms with Gasteiger partial charge in [0.2, 0.25) is 5.16 Å². The Morgan fingerprint density at radius 2 is 2.55 bits per heavy atom. The molecule has 1 N–H and O–H groups in total. The van der Waals surface area contributed by atoms with Crippen molar-refractivity contribution in [1.29, 1.82) is 0 Å². The van der Waals surface area contributed by atoms with Gasteiger partial charge in [-0.15, -0.1) is 5.10 Å². The average molecular weight is 293 g/mol. The van der Waals surface area contributed by atoms with Crippen molar-refractivity contribution in [3.63, 3.8) is 0 Å². The van der Waals surface area contributed by atoms with Gasteiger partial charge in [-0.25, -0.2) is 4.68 Å². The molecule has 106 valence electrons. The summed E-state index contributed by atoms with van der Waals surface area (Å²) in [5, 5.41) is 12.2. The zero-order valence-electron chi connectivity index (χ0n) is 10.9. The maximum atomic E-state index is 11.9. The highest BCUT2D eigenvalue weighted by Crippen LogP contribution is 2.19. The van der Waals surface area contributed by atoms with Crippen LogP contribution in [-0.4, -0.2) is 49.4 Å². The number of ether oxygens (including phenoxy) is 1. The zero-order chi connectivity index (χ0) is 13.8. The molecule has 0 bridgehead atoms. The van der Waals surface area contributed by atoms with Crippen LogP contribution in [0.25, 0.3) is 0 Å². The molecule has 20 heavy (non-hydrogen) atoms. The number of carbonyl (C=O) groups excluding carboxylic acids is 1. The first-order valence-corrected chi connectivity index (χ1v) is 7.48. The summed E-state index contributed by atoms with van der Waals surface area (Å²) in [5.41, 5.74) is 0.607. The highest BCUT2D eigenvalue weighted by Gasteiger charge is 2.19.